The van der Waals surface area contributed by atoms with Crippen LogP contribution in [0.3, 0.4) is 0 Å². The summed E-state index contributed by atoms with van der Waals surface area (Å²) >= 11 is 0. The summed E-state index contributed by atoms with van der Waals surface area (Å²) in [4.78, 5) is 2.60. The van der Waals surface area contributed by atoms with Gasteiger partial charge in [0.25, 0.3) is 0 Å². The van der Waals surface area contributed by atoms with E-state index in [0.717, 1.165) is 25.0 Å². The maximum Gasteiger partial charge on any atom is 0.0108 e. The first-order valence-corrected chi connectivity index (χ1v) is 6.40. The van der Waals surface area contributed by atoms with Gasteiger partial charge in [-0.05, 0) is 30.4 Å². The van der Waals surface area contributed by atoms with Crippen molar-refractivity contribution in [2.75, 3.05) is 19.6 Å². The Labute approximate surface area is 97.4 Å². The third-order valence-corrected chi connectivity index (χ3v) is 3.90. The molecule has 0 radical (unpaired) electrons. The van der Waals surface area contributed by atoms with Crippen molar-refractivity contribution in [2.45, 2.75) is 31.2 Å². The average molecular weight is 216 g/mol. The summed E-state index contributed by atoms with van der Waals surface area (Å²) in [6, 6.07) is 9.70. The standard InChI is InChI=1S/C14H20N2/c15-7-8-16(13-5-6-13)10-12-9-11-3-1-2-4-14(11)12/h1-4,12-13H,5-10,15H2. The van der Waals surface area contributed by atoms with Crippen molar-refractivity contribution in [3.05, 3.63) is 35.4 Å². The van der Waals surface area contributed by atoms with Crippen LogP contribution in [0.4, 0.5) is 0 Å². The molecule has 1 aromatic carbocycles. The summed E-state index contributed by atoms with van der Waals surface area (Å²) in [6.45, 7) is 3.09. The van der Waals surface area contributed by atoms with Crippen molar-refractivity contribution in [1.82, 2.24) is 4.90 Å². The van der Waals surface area contributed by atoms with Crippen LogP contribution in [-0.2, 0) is 6.42 Å². The second kappa shape index (κ2) is 4.19. The van der Waals surface area contributed by atoms with E-state index in [1.165, 1.54) is 25.8 Å². The largest absolute Gasteiger partial charge is 0.329 e. The van der Waals surface area contributed by atoms with Gasteiger partial charge in [-0.2, -0.15) is 0 Å². The molecule has 0 bridgehead atoms. The molecule has 0 spiro atoms. The highest BCUT2D eigenvalue weighted by molar-refractivity contribution is 5.40. The Bertz CT molecular complexity index is 371. The van der Waals surface area contributed by atoms with Gasteiger partial charge in [0.05, 0.1) is 0 Å². The van der Waals surface area contributed by atoms with Gasteiger partial charge in [-0.25, -0.2) is 0 Å². The van der Waals surface area contributed by atoms with Crippen LogP contribution in [-0.4, -0.2) is 30.6 Å². The predicted octanol–water partition coefficient (Wildman–Crippen LogP) is 1.75. The molecule has 2 nitrogen and oxygen atoms in total. The molecule has 0 saturated heterocycles. The summed E-state index contributed by atoms with van der Waals surface area (Å²) in [5.41, 5.74) is 8.81. The molecule has 0 amide bonds. The number of hydrogen-bond acceptors (Lipinski definition) is 2. The van der Waals surface area contributed by atoms with Crippen LogP contribution in [0.25, 0.3) is 0 Å². The van der Waals surface area contributed by atoms with Crippen molar-refractivity contribution >= 4 is 0 Å². The van der Waals surface area contributed by atoms with E-state index in [-0.39, 0.29) is 0 Å². The van der Waals surface area contributed by atoms with Gasteiger partial charge in [0.2, 0.25) is 0 Å². The summed E-state index contributed by atoms with van der Waals surface area (Å²) < 4.78 is 0. The Hall–Kier alpha value is -0.860. The van der Waals surface area contributed by atoms with Gasteiger partial charge in [0, 0.05) is 31.6 Å². The smallest absolute Gasteiger partial charge is 0.0108 e. The van der Waals surface area contributed by atoms with Crippen molar-refractivity contribution < 1.29 is 0 Å². The number of fused-ring (bicyclic) bond motifs is 1. The Morgan fingerprint density at radius 1 is 1.25 bits per heavy atom. The van der Waals surface area contributed by atoms with Gasteiger partial charge in [-0.3, -0.25) is 4.90 Å². The van der Waals surface area contributed by atoms with E-state index >= 15 is 0 Å². The van der Waals surface area contributed by atoms with Crippen molar-refractivity contribution in [2.24, 2.45) is 5.73 Å². The molecule has 0 heterocycles. The molecule has 1 atom stereocenters. The molecule has 0 aliphatic heterocycles. The second-order valence-corrected chi connectivity index (χ2v) is 5.11. The van der Waals surface area contributed by atoms with Crippen LogP contribution < -0.4 is 5.73 Å². The van der Waals surface area contributed by atoms with E-state index in [9.17, 15) is 0 Å². The minimum Gasteiger partial charge on any atom is -0.329 e. The van der Waals surface area contributed by atoms with Gasteiger partial charge in [0.15, 0.2) is 0 Å². The SMILES string of the molecule is NCCN(CC1Cc2ccccc21)C1CC1. The lowest BCUT2D eigenvalue weighted by Gasteiger charge is -2.35. The zero-order chi connectivity index (χ0) is 11.0. The molecule has 2 heteroatoms. The van der Waals surface area contributed by atoms with Crippen LogP contribution in [0.2, 0.25) is 0 Å². The maximum absolute atomic E-state index is 5.68. The Morgan fingerprint density at radius 2 is 2.06 bits per heavy atom. The first-order valence-electron chi connectivity index (χ1n) is 6.40. The van der Waals surface area contributed by atoms with Gasteiger partial charge >= 0.3 is 0 Å². The zero-order valence-corrected chi connectivity index (χ0v) is 9.73. The molecule has 16 heavy (non-hydrogen) atoms. The molecular weight excluding hydrogens is 196 g/mol. The van der Waals surface area contributed by atoms with E-state index in [2.05, 4.69) is 29.2 Å². The lowest BCUT2D eigenvalue weighted by atomic mass is 9.77. The molecule has 1 unspecified atom stereocenters. The van der Waals surface area contributed by atoms with Gasteiger partial charge in [-0.15, -0.1) is 0 Å². The van der Waals surface area contributed by atoms with E-state index in [1.54, 1.807) is 11.1 Å². The topological polar surface area (TPSA) is 29.3 Å². The number of rotatable bonds is 5. The number of benzene rings is 1. The minimum atomic E-state index is 0.767. The normalized spacial score (nSPS) is 23.0. The zero-order valence-electron chi connectivity index (χ0n) is 9.73. The van der Waals surface area contributed by atoms with Crippen LogP contribution >= 0.6 is 0 Å². The van der Waals surface area contributed by atoms with Gasteiger partial charge < -0.3 is 5.73 Å². The first-order chi connectivity index (χ1) is 7.88. The predicted molar refractivity (Wildman–Crippen MR) is 66.5 cm³/mol. The van der Waals surface area contributed by atoms with E-state index < -0.39 is 0 Å². The van der Waals surface area contributed by atoms with Gasteiger partial charge in [0.1, 0.15) is 0 Å². The maximum atomic E-state index is 5.68. The molecule has 1 aromatic rings. The quantitative estimate of drug-likeness (QED) is 0.812. The minimum absolute atomic E-state index is 0.767. The third-order valence-electron chi connectivity index (χ3n) is 3.90. The number of nitrogens with zero attached hydrogens (tertiary/aromatic N) is 1. The highest BCUT2D eigenvalue weighted by atomic mass is 15.2. The van der Waals surface area contributed by atoms with Crippen molar-refractivity contribution in [3.8, 4) is 0 Å². The number of hydrogen-bond donors (Lipinski definition) is 1. The lowest BCUT2D eigenvalue weighted by molar-refractivity contribution is 0.244. The Balaban J connectivity index is 1.63. The molecule has 86 valence electrons. The second-order valence-electron chi connectivity index (χ2n) is 5.11. The van der Waals surface area contributed by atoms with Crippen molar-refractivity contribution in [1.29, 1.82) is 0 Å². The first kappa shape index (κ1) is 10.3. The molecule has 1 fully saturated rings. The molecular formula is C14H20N2. The summed E-state index contributed by atoms with van der Waals surface area (Å²) in [6.07, 6.45) is 4.03. The lowest BCUT2D eigenvalue weighted by Crippen LogP contribution is -2.38. The Kier molecular flexibility index (Phi) is 2.70. The fourth-order valence-corrected chi connectivity index (χ4v) is 2.84. The number of nitrogens with two attached hydrogens (primary N) is 1. The third kappa shape index (κ3) is 1.87. The summed E-state index contributed by atoms with van der Waals surface area (Å²) in [5, 5.41) is 0. The molecule has 1 saturated carbocycles. The summed E-state index contributed by atoms with van der Waals surface area (Å²) in [5.74, 6) is 0.767. The Morgan fingerprint density at radius 3 is 2.75 bits per heavy atom. The van der Waals surface area contributed by atoms with E-state index in [0.29, 0.717) is 0 Å². The van der Waals surface area contributed by atoms with Crippen molar-refractivity contribution in [3.63, 3.8) is 0 Å². The van der Waals surface area contributed by atoms with E-state index in [4.69, 9.17) is 5.73 Å². The van der Waals surface area contributed by atoms with Crippen LogP contribution in [0.1, 0.15) is 29.9 Å². The highest BCUT2D eigenvalue weighted by Crippen LogP contribution is 2.37. The highest BCUT2D eigenvalue weighted by Gasteiger charge is 2.33. The molecule has 2 N–H and O–H groups in total. The van der Waals surface area contributed by atoms with Crippen LogP contribution in [0.5, 0.6) is 0 Å². The molecule has 2 aliphatic rings. The molecule has 2 aliphatic carbocycles. The fourth-order valence-electron chi connectivity index (χ4n) is 2.84. The van der Waals surface area contributed by atoms with Crippen LogP contribution in [0, 0.1) is 0 Å². The molecule has 0 aromatic heterocycles. The monoisotopic (exact) mass is 216 g/mol. The van der Waals surface area contributed by atoms with Crippen LogP contribution in [0.15, 0.2) is 24.3 Å². The summed E-state index contributed by atoms with van der Waals surface area (Å²) in [7, 11) is 0. The van der Waals surface area contributed by atoms with Gasteiger partial charge in [-0.1, -0.05) is 24.3 Å². The van der Waals surface area contributed by atoms with E-state index in [1.807, 2.05) is 0 Å². The fraction of sp³-hybridized carbons (Fsp3) is 0.571. The average Bonchev–Trinajstić information content (AvgIpc) is 3.08. The molecule has 3 rings (SSSR count).